The summed E-state index contributed by atoms with van der Waals surface area (Å²) in [4.78, 5) is 11.1. The maximum Gasteiger partial charge on any atom is 0.191 e. The quantitative estimate of drug-likeness (QED) is 0.563. The number of nitrogens with zero attached hydrogens (tertiary/aromatic N) is 3. The average Bonchev–Trinajstić information content (AvgIpc) is 3.18. The molecule has 0 amide bonds. The molecule has 1 aliphatic heterocycles. The largest absolute Gasteiger partial charge is 0.497 e. The van der Waals surface area contributed by atoms with Gasteiger partial charge >= 0.3 is 0 Å². The van der Waals surface area contributed by atoms with E-state index < -0.39 is 0 Å². The average molecular weight is 383 g/mol. The number of aliphatic imine (C=N–C) groups is 1. The molecule has 0 saturated carbocycles. The van der Waals surface area contributed by atoms with E-state index >= 15 is 0 Å². The number of rotatable bonds is 7. The third kappa shape index (κ3) is 5.60. The van der Waals surface area contributed by atoms with Gasteiger partial charge in [0, 0.05) is 45.0 Å². The number of hydrogen-bond donors (Lipinski definition) is 2. The van der Waals surface area contributed by atoms with Crippen LogP contribution in [0.25, 0.3) is 0 Å². The molecule has 0 aliphatic carbocycles. The van der Waals surface area contributed by atoms with Crippen molar-refractivity contribution < 1.29 is 9.47 Å². The van der Waals surface area contributed by atoms with Gasteiger partial charge in [-0.3, -0.25) is 14.9 Å². The Morgan fingerprint density at radius 3 is 2.64 bits per heavy atom. The van der Waals surface area contributed by atoms with Crippen molar-refractivity contribution in [1.29, 1.82) is 0 Å². The SMILES string of the molecule is CN=C(NCc1ccccn1)NC1CCN(Cc2cc(OC)cc(OC)c2)C1. The molecule has 2 N–H and O–H groups in total. The highest BCUT2D eigenvalue weighted by molar-refractivity contribution is 5.79. The van der Waals surface area contributed by atoms with Gasteiger partial charge in [0.1, 0.15) is 11.5 Å². The topological polar surface area (TPSA) is 71.0 Å². The summed E-state index contributed by atoms with van der Waals surface area (Å²) in [6.07, 6.45) is 2.88. The summed E-state index contributed by atoms with van der Waals surface area (Å²) in [5, 5.41) is 6.85. The Hall–Kier alpha value is -2.80. The number of aromatic nitrogens is 1. The van der Waals surface area contributed by atoms with Crippen LogP contribution in [0.4, 0.5) is 0 Å². The van der Waals surface area contributed by atoms with Crippen LogP contribution in [0.15, 0.2) is 47.6 Å². The van der Waals surface area contributed by atoms with Gasteiger partial charge in [-0.25, -0.2) is 0 Å². The first kappa shape index (κ1) is 19.9. The lowest BCUT2D eigenvalue weighted by Crippen LogP contribution is -2.44. The standard InChI is InChI=1S/C21H29N5O2/c1-22-21(24-13-17-6-4-5-8-23-17)25-18-7-9-26(15-18)14-16-10-19(27-2)12-20(11-16)28-3/h4-6,8,10-12,18H,7,9,13-15H2,1-3H3,(H2,22,24,25). The highest BCUT2D eigenvalue weighted by Gasteiger charge is 2.23. The van der Waals surface area contributed by atoms with Gasteiger partial charge in [0.25, 0.3) is 0 Å². The van der Waals surface area contributed by atoms with Crippen LogP contribution < -0.4 is 20.1 Å². The zero-order chi connectivity index (χ0) is 19.8. The first-order valence-corrected chi connectivity index (χ1v) is 9.51. The minimum atomic E-state index is 0.363. The zero-order valence-electron chi connectivity index (χ0n) is 16.8. The predicted molar refractivity (Wildman–Crippen MR) is 111 cm³/mol. The van der Waals surface area contributed by atoms with E-state index in [1.54, 1.807) is 27.5 Å². The maximum absolute atomic E-state index is 5.37. The Labute approximate surface area is 166 Å². The smallest absolute Gasteiger partial charge is 0.191 e. The van der Waals surface area contributed by atoms with Crippen LogP contribution in [-0.2, 0) is 13.1 Å². The molecule has 7 nitrogen and oxygen atoms in total. The highest BCUT2D eigenvalue weighted by atomic mass is 16.5. The lowest BCUT2D eigenvalue weighted by Gasteiger charge is -2.19. The summed E-state index contributed by atoms with van der Waals surface area (Å²) in [6.45, 7) is 3.52. The van der Waals surface area contributed by atoms with Crippen molar-refractivity contribution in [2.45, 2.75) is 25.6 Å². The molecule has 1 saturated heterocycles. The molecule has 28 heavy (non-hydrogen) atoms. The maximum atomic E-state index is 5.37. The molecule has 2 aromatic rings. The van der Waals surface area contributed by atoms with E-state index in [1.807, 2.05) is 24.3 Å². The van der Waals surface area contributed by atoms with Gasteiger partial charge < -0.3 is 20.1 Å². The van der Waals surface area contributed by atoms with Crippen molar-refractivity contribution in [2.24, 2.45) is 4.99 Å². The lowest BCUT2D eigenvalue weighted by atomic mass is 10.2. The zero-order valence-corrected chi connectivity index (χ0v) is 16.8. The molecule has 1 aliphatic rings. The Morgan fingerprint density at radius 1 is 1.21 bits per heavy atom. The van der Waals surface area contributed by atoms with Crippen LogP contribution >= 0.6 is 0 Å². The van der Waals surface area contributed by atoms with E-state index in [0.717, 1.165) is 49.2 Å². The molecule has 7 heteroatoms. The number of guanidine groups is 1. The second kappa shape index (κ2) is 9.94. The number of pyridine rings is 1. The Bertz CT molecular complexity index is 759. The van der Waals surface area contributed by atoms with E-state index in [4.69, 9.17) is 9.47 Å². The van der Waals surface area contributed by atoms with Gasteiger partial charge in [0.2, 0.25) is 0 Å². The molecular weight excluding hydrogens is 354 g/mol. The van der Waals surface area contributed by atoms with Crippen LogP contribution in [0.1, 0.15) is 17.7 Å². The number of ether oxygens (including phenoxy) is 2. The van der Waals surface area contributed by atoms with E-state index in [2.05, 4.69) is 37.6 Å². The van der Waals surface area contributed by atoms with Crippen molar-refractivity contribution >= 4 is 5.96 Å². The number of methoxy groups -OCH3 is 2. The number of benzene rings is 1. The van der Waals surface area contributed by atoms with E-state index in [9.17, 15) is 0 Å². The number of likely N-dealkylation sites (tertiary alicyclic amines) is 1. The van der Waals surface area contributed by atoms with Crippen molar-refractivity contribution in [3.8, 4) is 11.5 Å². The fourth-order valence-corrected chi connectivity index (χ4v) is 3.37. The van der Waals surface area contributed by atoms with Gasteiger partial charge in [-0.2, -0.15) is 0 Å². The van der Waals surface area contributed by atoms with Gasteiger partial charge in [0.05, 0.1) is 26.5 Å². The Morgan fingerprint density at radius 2 is 2.00 bits per heavy atom. The van der Waals surface area contributed by atoms with Gasteiger partial charge in [-0.15, -0.1) is 0 Å². The highest BCUT2D eigenvalue weighted by Crippen LogP contribution is 2.24. The van der Waals surface area contributed by atoms with Gasteiger partial charge in [-0.1, -0.05) is 6.07 Å². The van der Waals surface area contributed by atoms with Crippen LogP contribution in [0.2, 0.25) is 0 Å². The molecule has 3 rings (SSSR count). The Balaban J connectivity index is 1.50. The summed E-state index contributed by atoms with van der Waals surface area (Å²) in [5.41, 5.74) is 2.18. The molecule has 2 heterocycles. The van der Waals surface area contributed by atoms with Crippen LogP contribution in [0, 0.1) is 0 Å². The van der Waals surface area contributed by atoms with Crippen LogP contribution in [0.3, 0.4) is 0 Å². The van der Waals surface area contributed by atoms with Gasteiger partial charge in [0.15, 0.2) is 5.96 Å². The molecule has 1 unspecified atom stereocenters. The van der Waals surface area contributed by atoms with E-state index in [-0.39, 0.29) is 0 Å². The minimum absolute atomic E-state index is 0.363. The fourth-order valence-electron chi connectivity index (χ4n) is 3.37. The summed E-state index contributed by atoms with van der Waals surface area (Å²) in [7, 11) is 5.15. The molecule has 150 valence electrons. The second-order valence-corrected chi connectivity index (χ2v) is 6.83. The Kier molecular flexibility index (Phi) is 7.08. The number of nitrogens with one attached hydrogen (secondary N) is 2. The summed E-state index contributed by atoms with van der Waals surface area (Å²) < 4.78 is 10.7. The summed E-state index contributed by atoms with van der Waals surface area (Å²) in [6, 6.07) is 12.3. The monoisotopic (exact) mass is 383 g/mol. The third-order valence-electron chi connectivity index (χ3n) is 4.82. The summed E-state index contributed by atoms with van der Waals surface area (Å²) in [5.74, 6) is 2.45. The second-order valence-electron chi connectivity index (χ2n) is 6.83. The lowest BCUT2D eigenvalue weighted by molar-refractivity contribution is 0.321. The molecule has 1 atom stereocenters. The van der Waals surface area contributed by atoms with Crippen molar-refractivity contribution in [3.63, 3.8) is 0 Å². The predicted octanol–water partition coefficient (Wildman–Crippen LogP) is 2.04. The summed E-state index contributed by atoms with van der Waals surface area (Å²) >= 11 is 0. The van der Waals surface area contributed by atoms with Crippen LogP contribution in [0.5, 0.6) is 11.5 Å². The first-order valence-electron chi connectivity index (χ1n) is 9.51. The van der Waals surface area contributed by atoms with E-state index in [1.165, 1.54) is 5.56 Å². The van der Waals surface area contributed by atoms with Crippen molar-refractivity contribution in [2.75, 3.05) is 34.4 Å². The van der Waals surface area contributed by atoms with Gasteiger partial charge in [-0.05, 0) is 36.2 Å². The van der Waals surface area contributed by atoms with E-state index in [0.29, 0.717) is 12.6 Å². The third-order valence-corrected chi connectivity index (χ3v) is 4.82. The molecule has 1 fully saturated rings. The molecular formula is C21H29N5O2. The first-order chi connectivity index (χ1) is 13.7. The minimum Gasteiger partial charge on any atom is -0.497 e. The molecule has 1 aromatic heterocycles. The number of hydrogen-bond acceptors (Lipinski definition) is 5. The van der Waals surface area contributed by atoms with Crippen molar-refractivity contribution in [3.05, 3.63) is 53.9 Å². The normalized spacial score (nSPS) is 17.4. The molecule has 0 radical (unpaired) electrons. The fraction of sp³-hybridized carbons (Fsp3) is 0.429. The molecule has 0 bridgehead atoms. The molecule has 0 spiro atoms. The molecule has 1 aromatic carbocycles. The van der Waals surface area contributed by atoms with Crippen LogP contribution in [-0.4, -0.2) is 56.2 Å². The van der Waals surface area contributed by atoms with Crippen molar-refractivity contribution in [1.82, 2.24) is 20.5 Å².